The zero-order valence-electron chi connectivity index (χ0n) is 20.2. The predicted octanol–water partition coefficient (Wildman–Crippen LogP) is 3.62. The Morgan fingerprint density at radius 2 is 2.00 bits per heavy atom. The van der Waals surface area contributed by atoms with E-state index in [2.05, 4.69) is 26.6 Å². The van der Waals surface area contributed by atoms with Crippen molar-refractivity contribution < 1.29 is 13.9 Å². The van der Waals surface area contributed by atoms with E-state index < -0.39 is 5.60 Å². The summed E-state index contributed by atoms with van der Waals surface area (Å²) in [6.07, 6.45) is 7.39. The van der Waals surface area contributed by atoms with Gasteiger partial charge in [0.15, 0.2) is 5.96 Å². The molecule has 2 fully saturated rings. The first-order valence-corrected chi connectivity index (χ1v) is 12.1. The third-order valence-corrected chi connectivity index (χ3v) is 6.12. The fourth-order valence-electron chi connectivity index (χ4n) is 4.50. The van der Waals surface area contributed by atoms with Crippen LogP contribution in [-0.4, -0.2) is 73.8 Å². The van der Waals surface area contributed by atoms with Gasteiger partial charge in [-0.2, -0.15) is 0 Å². The second kappa shape index (κ2) is 11.6. The summed E-state index contributed by atoms with van der Waals surface area (Å²) in [4.78, 5) is 21.2. The van der Waals surface area contributed by atoms with Gasteiger partial charge in [0.25, 0.3) is 0 Å². The highest BCUT2D eigenvalue weighted by Crippen LogP contribution is 2.24. The summed E-state index contributed by atoms with van der Waals surface area (Å²) in [7, 11) is 1.80. The molecule has 0 spiro atoms. The van der Waals surface area contributed by atoms with Crippen molar-refractivity contribution in [3.8, 4) is 0 Å². The number of carbonyl (C=O) groups excluding carboxylic acids is 1. The van der Waals surface area contributed by atoms with Crippen LogP contribution in [0.4, 0.5) is 4.79 Å². The Labute approximate surface area is 192 Å². The Morgan fingerprint density at radius 1 is 1.22 bits per heavy atom. The van der Waals surface area contributed by atoms with Crippen LogP contribution in [0.2, 0.25) is 0 Å². The molecular formula is C24H41N5O3. The van der Waals surface area contributed by atoms with Gasteiger partial charge in [-0.25, -0.2) is 4.79 Å². The monoisotopic (exact) mass is 447 g/mol. The lowest BCUT2D eigenvalue weighted by molar-refractivity contribution is 0.0168. The van der Waals surface area contributed by atoms with E-state index in [0.29, 0.717) is 12.5 Å². The first-order chi connectivity index (χ1) is 15.4. The van der Waals surface area contributed by atoms with Gasteiger partial charge in [0, 0.05) is 33.2 Å². The number of carbonyl (C=O) groups is 1. The maximum absolute atomic E-state index is 12.4. The molecule has 2 saturated heterocycles. The summed E-state index contributed by atoms with van der Waals surface area (Å²) in [5, 5.41) is 6.95. The van der Waals surface area contributed by atoms with Crippen LogP contribution in [0, 0.1) is 5.92 Å². The minimum atomic E-state index is -0.465. The Bertz CT molecular complexity index is 722. The van der Waals surface area contributed by atoms with Crippen molar-refractivity contribution >= 4 is 12.1 Å². The molecule has 1 aromatic heterocycles. The van der Waals surface area contributed by atoms with E-state index in [9.17, 15) is 4.79 Å². The molecular weight excluding hydrogens is 406 g/mol. The van der Waals surface area contributed by atoms with Gasteiger partial charge in [-0.1, -0.05) is 6.42 Å². The molecule has 2 atom stereocenters. The van der Waals surface area contributed by atoms with E-state index >= 15 is 0 Å². The van der Waals surface area contributed by atoms with Crippen LogP contribution in [0.15, 0.2) is 27.8 Å². The topological polar surface area (TPSA) is 82.3 Å². The number of hydrogen-bond donors (Lipinski definition) is 2. The van der Waals surface area contributed by atoms with Gasteiger partial charge in [0.1, 0.15) is 11.4 Å². The second-order valence-corrected chi connectivity index (χ2v) is 9.90. The quantitative estimate of drug-likeness (QED) is 0.512. The summed E-state index contributed by atoms with van der Waals surface area (Å²) >= 11 is 0. The lowest BCUT2D eigenvalue weighted by Crippen LogP contribution is -2.48. The van der Waals surface area contributed by atoms with Crippen LogP contribution in [0.1, 0.15) is 64.7 Å². The molecule has 3 rings (SSSR count). The molecule has 2 aliphatic heterocycles. The molecule has 0 bridgehead atoms. The second-order valence-electron chi connectivity index (χ2n) is 9.90. The smallest absolute Gasteiger partial charge is 0.410 e. The summed E-state index contributed by atoms with van der Waals surface area (Å²) in [6.45, 7) is 10.9. The average Bonchev–Trinajstić information content (AvgIpc) is 3.30. The fourth-order valence-corrected chi connectivity index (χ4v) is 4.50. The van der Waals surface area contributed by atoms with Crippen molar-refractivity contribution in [2.24, 2.45) is 10.9 Å². The Balaban J connectivity index is 1.49. The normalized spacial score (nSPS) is 21.8. The average molecular weight is 448 g/mol. The number of piperidine rings is 2. The van der Waals surface area contributed by atoms with E-state index in [1.54, 1.807) is 13.3 Å². The molecule has 0 aromatic carbocycles. The van der Waals surface area contributed by atoms with Crippen LogP contribution >= 0.6 is 0 Å². The first kappa shape index (κ1) is 24.4. The van der Waals surface area contributed by atoms with Crippen LogP contribution < -0.4 is 10.6 Å². The van der Waals surface area contributed by atoms with Crippen molar-refractivity contribution in [3.05, 3.63) is 24.2 Å². The van der Waals surface area contributed by atoms with Gasteiger partial charge < -0.3 is 24.7 Å². The van der Waals surface area contributed by atoms with Crippen molar-refractivity contribution in [2.75, 3.05) is 46.3 Å². The molecule has 3 heterocycles. The number of amides is 1. The molecule has 32 heavy (non-hydrogen) atoms. The summed E-state index contributed by atoms with van der Waals surface area (Å²) in [6, 6.07) is 4.21. The Kier molecular flexibility index (Phi) is 8.84. The van der Waals surface area contributed by atoms with Crippen molar-refractivity contribution in [3.63, 3.8) is 0 Å². The minimum absolute atomic E-state index is 0.196. The molecule has 1 amide bonds. The molecule has 2 unspecified atom stereocenters. The van der Waals surface area contributed by atoms with Crippen molar-refractivity contribution in [1.29, 1.82) is 0 Å². The van der Waals surface area contributed by atoms with Crippen molar-refractivity contribution in [1.82, 2.24) is 20.4 Å². The predicted molar refractivity (Wildman–Crippen MR) is 127 cm³/mol. The van der Waals surface area contributed by atoms with E-state index in [1.807, 2.05) is 31.7 Å². The van der Waals surface area contributed by atoms with Gasteiger partial charge in [-0.15, -0.1) is 0 Å². The number of aliphatic imine (C=N–C) groups is 1. The third kappa shape index (κ3) is 7.43. The van der Waals surface area contributed by atoms with E-state index in [0.717, 1.165) is 57.3 Å². The maximum atomic E-state index is 12.4. The van der Waals surface area contributed by atoms with Crippen LogP contribution in [0.25, 0.3) is 0 Å². The Hall–Kier alpha value is -2.22. The number of likely N-dealkylation sites (tertiary alicyclic amines) is 2. The molecule has 0 aliphatic carbocycles. The van der Waals surface area contributed by atoms with Crippen LogP contribution in [0.5, 0.6) is 0 Å². The lowest BCUT2D eigenvalue weighted by atomic mass is 9.98. The highest BCUT2D eigenvalue weighted by atomic mass is 16.6. The molecule has 2 aliphatic rings. The van der Waals surface area contributed by atoms with Crippen molar-refractivity contribution in [2.45, 2.75) is 64.5 Å². The maximum Gasteiger partial charge on any atom is 0.410 e. The van der Waals surface area contributed by atoms with E-state index in [1.165, 1.54) is 19.3 Å². The highest BCUT2D eigenvalue weighted by molar-refractivity contribution is 5.79. The largest absolute Gasteiger partial charge is 0.468 e. The standard InChI is InChI=1S/C24H41N5O3/c1-24(2,3)32-23(30)29-14-8-10-19(18-29)16-26-22(25-4)27-17-20(21-11-9-15-31-21)28-12-6-5-7-13-28/h9,11,15,19-20H,5-8,10,12-14,16-18H2,1-4H3,(H2,25,26,27). The summed E-state index contributed by atoms with van der Waals surface area (Å²) < 4.78 is 11.3. The lowest BCUT2D eigenvalue weighted by Gasteiger charge is -2.35. The zero-order valence-corrected chi connectivity index (χ0v) is 20.2. The highest BCUT2D eigenvalue weighted by Gasteiger charge is 2.28. The van der Waals surface area contributed by atoms with E-state index in [-0.39, 0.29) is 12.1 Å². The number of guanidine groups is 1. The molecule has 180 valence electrons. The number of nitrogens with one attached hydrogen (secondary N) is 2. The molecule has 1 aromatic rings. The number of hydrogen-bond acceptors (Lipinski definition) is 5. The fraction of sp³-hybridized carbons (Fsp3) is 0.750. The summed E-state index contributed by atoms with van der Waals surface area (Å²) in [5.74, 6) is 2.15. The molecule has 8 nitrogen and oxygen atoms in total. The van der Waals surface area contributed by atoms with Gasteiger partial charge >= 0.3 is 6.09 Å². The first-order valence-electron chi connectivity index (χ1n) is 12.1. The number of nitrogens with zero attached hydrogens (tertiary/aromatic N) is 3. The molecule has 8 heteroatoms. The number of rotatable bonds is 6. The Morgan fingerprint density at radius 3 is 2.66 bits per heavy atom. The number of ether oxygens (including phenoxy) is 1. The minimum Gasteiger partial charge on any atom is -0.468 e. The molecule has 0 saturated carbocycles. The third-order valence-electron chi connectivity index (χ3n) is 6.12. The van der Waals surface area contributed by atoms with E-state index in [4.69, 9.17) is 9.15 Å². The molecule has 0 radical (unpaired) electrons. The SMILES string of the molecule is CN=C(NCC1CCCN(C(=O)OC(C)(C)C)C1)NCC(c1ccco1)N1CCCCC1. The van der Waals surface area contributed by atoms with Gasteiger partial charge in [-0.05, 0) is 77.6 Å². The van der Waals surface area contributed by atoms with Crippen LogP contribution in [0.3, 0.4) is 0 Å². The van der Waals surface area contributed by atoms with Gasteiger partial charge in [0.05, 0.1) is 12.3 Å². The molecule has 2 N–H and O–H groups in total. The van der Waals surface area contributed by atoms with Gasteiger partial charge in [0.2, 0.25) is 0 Å². The number of furan rings is 1. The zero-order chi connectivity index (χ0) is 23.0. The van der Waals surface area contributed by atoms with Gasteiger partial charge in [-0.3, -0.25) is 9.89 Å². The van der Waals surface area contributed by atoms with Crippen LogP contribution in [-0.2, 0) is 4.74 Å². The summed E-state index contributed by atoms with van der Waals surface area (Å²) in [5.41, 5.74) is -0.465.